The summed E-state index contributed by atoms with van der Waals surface area (Å²) in [6.45, 7) is 10.4. The highest BCUT2D eigenvalue weighted by Crippen LogP contribution is 2.32. The zero-order valence-electron chi connectivity index (χ0n) is 22.8. The van der Waals surface area contributed by atoms with Gasteiger partial charge in [0.25, 0.3) is 0 Å². The van der Waals surface area contributed by atoms with E-state index in [4.69, 9.17) is 28.8 Å². The second-order valence-corrected chi connectivity index (χ2v) is 11.2. The molecule has 1 N–H and O–H groups in total. The molecule has 38 heavy (non-hydrogen) atoms. The van der Waals surface area contributed by atoms with E-state index in [-0.39, 0.29) is 12.2 Å². The minimum atomic E-state index is -2.08. The lowest BCUT2D eigenvalue weighted by Crippen LogP contribution is -2.61. The van der Waals surface area contributed by atoms with E-state index in [0.29, 0.717) is 6.42 Å². The highest BCUT2D eigenvalue weighted by Gasteiger charge is 2.53. The van der Waals surface area contributed by atoms with E-state index in [1.54, 1.807) is 53.7 Å². The third kappa shape index (κ3) is 8.97. The molecule has 0 aromatic heterocycles. The molecule has 0 aliphatic carbocycles. The summed E-state index contributed by atoms with van der Waals surface area (Å²) >= 11 is 0. The standard InChI is InChI=1S/C27H37FO10/c1-15(29)35-21-18(14-34-24(32)26(2,3)4)37-23(20(28)22(21)38-25(33)27(5,6)7)36-17-11-8-16(9-12-17)10-13-19(30)31/h8-9,11-12,18,20-23H,10,13-14H2,1-7H3,(H,30,31)/t18-,20+,21-,22-,23-/m1/s1. The molecule has 0 radical (unpaired) electrons. The van der Waals surface area contributed by atoms with Gasteiger partial charge in [-0.15, -0.1) is 0 Å². The summed E-state index contributed by atoms with van der Waals surface area (Å²) in [5.41, 5.74) is -1.10. The van der Waals surface area contributed by atoms with Crippen molar-refractivity contribution in [2.24, 2.45) is 10.8 Å². The maximum Gasteiger partial charge on any atom is 0.311 e. The van der Waals surface area contributed by atoms with Crippen LogP contribution in [0.4, 0.5) is 4.39 Å². The van der Waals surface area contributed by atoms with Crippen LogP contribution in [0.2, 0.25) is 0 Å². The van der Waals surface area contributed by atoms with Gasteiger partial charge in [0.15, 0.2) is 12.2 Å². The number of carbonyl (C=O) groups is 4. The minimum Gasteiger partial charge on any atom is -0.481 e. The third-order valence-electron chi connectivity index (χ3n) is 5.52. The van der Waals surface area contributed by atoms with Gasteiger partial charge in [0.2, 0.25) is 12.5 Å². The largest absolute Gasteiger partial charge is 0.481 e. The zero-order valence-corrected chi connectivity index (χ0v) is 22.8. The van der Waals surface area contributed by atoms with E-state index in [1.807, 2.05) is 0 Å². The molecule has 0 saturated carbocycles. The van der Waals surface area contributed by atoms with Crippen molar-refractivity contribution in [1.29, 1.82) is 0 Å². The van der Waals surface area contributed by atoms with Crippen molar-refractivity contribution in [2.45, 2.75) is 92.1 Å². The number of alkyl halides is 1. The number of aliphatic carboxylic acids is 1. The molecule has 2 rings (SSSR count). The summed E-state index contributed by atoms with van der Waals surface area (Å²) in [4.78, 5) is 47.7. The molecule has 1 heterocycles. The van der Waals surface area contributed by atoms with E-state index >= 15 is 4.39 Å². The number of hydrogen-bond acceptors (Lipinski definition) is 9. The number of ether oxygens (including phenoxy) is 5. The highest BCUT2D eigenvalue weighted by molar-refractivity contribution is 5.76. The van der Waals surface area contributed by atoms with Gasteiger partial charge in [-0.3, -0.25) is 19.2 Å². The van der Waals surface area contributed by atoms with Crippen molar-refractivity contribution in [3.8, 4) is 5.75 Å². The second kappa shape index (κ2) is 12.6. The second-order valence-electron chi connectivity index (χ2n) is 11.2. The van der Waals surface area contributed by atoms with Crippen molar-refractivity contribution in [3.05, 3.63) is 29.8 Å². The van der Waals surface area contributed by atoms with Crippen molar-refractivity contribution in [3.63, 3.8) is 0 Å². The number of carboxylic acids is 1. The summed E-state index contributed by atoms with van der Waals surface area (Å²) in [5.74, 6) is -2.81. The van der Waals surface area contributed by atoms with Crippen LogP contribution < -0.4 is 4.74 Å². The van der Waals surface area contributed by atoms with Crippen LogP contribution in [-0.2, 0) is 44.5 Å². The van der Waals surface area contributed by atoms with Crippen LogP contribution >= 0.6 is 0 Å². The van der Waals surface area contributed by atoms with E-state index in [0.717, 1.165) is 12.5 Å². The molecule has 212 valence electrons. The number of esters is 3. The fourth-order valence-corrected chi connectivity index (χ4v) is 3.36. The number of carbonyl (C=O) groups excluding carboxylic acids is 3. The lowest BCUT2D eigenvalue weighted by molar-refractivity contribution is -0.274. The van der Waals surface area contributed by atoms with Crippen molar-refractivity contribution >= 4 is 23.9 Å². The Morgan fingerprint density at radius 3 is 2.00 bits per heavy atom. The Hall–Kier alpha value is -3.21. The van der Waals surface area contributed by atoms with Gasteiger partial charge in [0, 0.05) is 13.3 Å². The normalized spacial score (nSPS) is 23.7. The number of hydrogen-bond donors (Lipinski definition) is 1. The number of rotatable bonds is 9. The van der Waals surface area contributed by atoms with Gasteiger partial charge >= 0.3 is 23.9 Å². The number of benzene rings is 1. The molecule has 11 heteroatoms. The first-order valence-corrected chi connectivity index (χ1v) is 12.3. The molecular weight excluding hydrogens is 503 g/mol. The molecule has 5 atom stereocenters. The number of aryl methyl sites for hydroxylation is 1. The van der Waals surface area contributed by atoms with E-state index in [9.17, 15) is 19.2 Å². The quantitative estimate of drug-likeness (QED) is 0.365. The summed E-state index contributed by atoms with van der Waals surface area (Å²) in [5, 5.41) is 8.85. The molecule has 0 bridgehead atoms. The fourth-order valence-electron chi connectivity index (χ4n) is 3.36. The Balaban J connectivity index is 2.34. The number of halogens is 1. The average Bonchev–Trinajstić information content (AvgIpc) is 2.79. The molecule has 1 aromatic carbocycles. The van der Waals surface area contributed by atoms with Crippen molar-refractivity contribution in [1.82, 2.24) is 0 Å². The summed E-state index contributed by atoms with van der Waals surface area (Å²) in [7, 11) is 0. The molecule has 0 spiro atoms. The van der Waals surface area contributed by atoms with Crippen LogP contribution in [0.15, 0.2) is 24.3 Å². The smallest absolute Gasteiger partial charge is 0.311 e. The summed E-state index contributed by atoms with van der Waals surface area (Å²) in [6, 6.07) is 6.32. The Labute approximate surface area is 221 Å². The Bertz CT molecular complexity index is 993. The zero-order chi connectivity index (χ0) is 28.8. The SMILES string of the molecule is CC(=O)O[C@H]1[C@H](OC(=O)C(C)(C)C)[C@H](F)[C@H](Oc2ccc(CCC(=O)O)cc2)O[C@@H]1COC(=O)C(C)(C)C. The highest BCUT2D eigenvalue weighted by atomic mass is 19.1. The van der Waals surface area contributed by atoms with Crippen LogP contribution in [0.25, 0.3) is 0 Å². The Morgan fingerprint density at radius 1 is 0.921 bits per heavy atom. The first-order valence-electron chi connectivity index (χ1n) is 12.3. The predicted octanol–water partition coefficient (Wildman–Crippen LogP) is 3.62. The molecule has 10 nitrogen and oxygen atoms in total. The van der Waals surface area contributed by atoms with Crippen LogP contribution in [0.1, 0.15) is 60.5 Å². The van der Waals surface area contributed by atoms with Gasteiger partial charge in [-0.05, 0) is 65.7 Å². The van der Waals surface area contributed by atoms with Crippen molar-refractivity contribution in [2.75, 3.05) is 6.61 Å². The van der Waals surface area contributed by atoms with Crippen molar-refractivity contribution < 1.29 is 52.4 Å². The first kappa shape index (κ1) is 31.0. The molecule has 1 fully saturated rings. The van der Waals surface area contributed by atoms with E-state index in [1.165, 1.54) is 12.1 Å². The van der Waals surface area contributed by atoms with Crippen LogP contribution in [-0.4, -0.2) is 66.4 Å². The molecule has 1 aromatic rings. The summed E-state index contributed by atoms with van der Waals surface area (Å²) in [6.07, 6.45) is -7.68. The van der Waals surface area contributed by atoms with Gasteiger partial charge in [-0.25, -0.2) is 4.39 Å². The van der Waals surface area contributed by atoms with Crippen LogP contribution in [0, 0.1) is 10.8 Å². The maximum absolute atomic E-state index is 15.8. The lowest BCUT2D eigenvalue weighted by Gasteiger charge is -2.42. The van der Waals surface area contributed by atoms with Gasteiger partial charge in [0.05, 0.1) is 10.8 Å². The predicted molar refractivity (Wildman–Crippen MR) is 132 cm³/mol. The fraction of sp³-hybridized carbons (Fsp3) is 0.630. The lowest BCUT2D eigenvalue weighted by atomic mass is 9.95. The van der Waals surface area contributed by atoms with Gasteiger partial charge in [0.1, 0.15) is 18.5 Å². The molecule has 0 unspecified atom stereocenters. The monoisotopic (exact) mass is 540 g/mol. The number of carboxylic acid groups (broad SMARTS) is 1. The van der Waals surface area contributed by atoms with Gasteiger partial charge < -0.3 is 28.8 Å². The topological polar surface area (TPSA) is 135 Å². The van der Waals surface area contributed by atoms with Crippen LogP contribution in [0.3, 0.4) is 0 Å². The molecular formula is C27H37FO10. The third-order valence-corrected chi connectivity index (χ3v) is 5.52. The first-order chi connectivity index (χ1) is 17.5. The van der Waals surface area contributed by atoms with Gasteiger partial charge in [-0.1, -0.05) is 12.1 Å². The van der Waals surface area contributed by atoms with E-state index < -0.39 is 72.1 Å². The molecule has 1 aliphatic heterocycles. The Kier molecular flexibility index (Phi) is 10.2. The molecule has 1 aliphatic rings. The summed E-state index contributed by atoms with van der Waals surface area (Å²) < 4.78 is 43.4. The van der Waals surface area contributed by atoms with Gasteiger partial charge in [-0.2, -0.15) is 0 Å². The Morgan fingerprint density at radius 2 is 1.50 bits per heavy atom. The average molecular weight is 541 g/mol. The molecule has 0 amide bonds. The minimum absolute atomic E-state index is 0.0498. The maximum atomic E-state index is 15.8. The molecule has 1 saturated heterocycles. The van der Waals surface area contributed by atoms with Crippen LogP contribution in [0.5, 0.6) is 5.75 Å². The van der Waals surface area contributed by atoms with E-state index in [2.05, 4.69) is 0 Å².